The molecule has 3 aliphatic rings. The molecule has 1 aromatic heterocycles. The molecular weight excluding hydrogens is 392 g/mol. The molecule has 0 amide bonds. The van der Waals surface area contributed by atoms with Gasteiger partial charge in [0.2, 0.25) is 10.0 Å². The number of thiophene rings is 1. The van der Waals surface area contributed by atoms with Crippen molar-refractivity contribution in [2.75, 3.05) is 25.4 Å². The maximum Gasteiger partial charge on any atom is 0.211 e. The number of aryl methyl sites for hydroxylation is 1. The van der Waals surface area contributed by atoms with Crippen molar-refractivity contribution >= 4 is 21.4 Å². The van der Waals surface area contributed by atoms with E-state index in [9.17, 15) is 8.42 Å². The molecule has 1 N–H and O–H groups in total. The van der Waals surface area contributed by atoms with Crippen LogP contribution in [0.15, 0.2) is 6.07 Å². The van der Waals surface area contributed by atoms with Crippen molar-refractivity contribution in [2.45, 2.75) is 77.0 Å². The minimum Gasteiger partial charge on any atom is -0.370 e. The Labute approximate surface area is 173 Å². The SMILES string of the molecule is CCc1cc2c(s1)CCO[C@@]21CCN(C[C@H]2C[C@@H](NS(=O)(=O)CC)C2)[C@@H](C)C1. The van der Waals surface area contributed by atoms with Crippen molar-refractivity contribution in [1.29, 1.82) is 0 Å². The van der Waals surface area contributed by atoms with Gasteiger partial charge in [0, 0.05) is 41.3 Å². The van der Waals surface area contributed by atoms with Crippen molar-refractivity contribution in [3.8, 4) is 0 Å². The number of piperidine rings is 1. The summed E-state index contributed by atoms with van der Waals surface area (Å²) in [5, 5.41) is 0. The van der Waals surface area contributed by atoms with Crippen LogP contribution in [0.25, 0.3) is 0 Å². The summed E-state index contributed by atoms with van der Waals surface area (Å²) in [5.74, 6) is 0.778. The molecule has 3 heterocycles. The van der Waals surface area contributed by atoms with Crippen LogP contribution >= 0.6 is 11.3 Å². The molecule has 1 saturated heterocycles. The Balaban J connectivity index is 1.34. The molecule has 0 unspecified atom stereocenters. The zero-order chi connectivity index (χ0) is 19.9. The summed E-state index contributed by atoms with van der Waals surface area (Å²) in [4.78, 5) is 5.64. The van der Waals surface area contributed by atoms with Gasteiger partial charge in [0.15, 0.2) is 0 Å². The second-order valence-electron chi connectivity index (χ2n) is 8.85. The van der Waals surface area contributed by atoms with Gasteiger partial charge in [-0.2, -0.15) is 0 Å². The summed E-state index contributed by atoms with van der Waals surface area (Å²) >= 11 is 1.99. The number of rotatable bonds is 6. The normalized spacial score (nSPS) is 33.6. The lowest BCUT2D eigenvalue weighted by Crippen LogP contribution is -2.54. The van der Waals surface area contributed by atoms with E-state index in [0.29, 0.717) is 12.0 Å². The average molecular weight is 427 g/mol. The highest BCUT2D eigenvalue weighted by Gasteiger charge is 2.45. The first-order valence-corrected chi connectivity index (χ1v) is 13.3. The summed E-state index contributed by atoms with van der Waals surface area (Å²) < 4.78 is 32.7. The molecule has 1 aromatic rings. The molecule has 5 nitrogen and oxygen atoms in total. The number of hydrogen-bond donors (Lipinski definition) is 1. The van der Waals surface area contributed by atoms with Crippen LogP contribution in [0.2, 0.25) is 0 Å². The quantitative estimate of drug-likeness (QED) is 0.758. The second-order valence-corrected chi connectivity index (χ2v) is 12.1. The lowest BCUT2D eigenvalue weighted by atomic mass is 9.77. The van der Waals surface area contributed by atoms with Crippen LogP contribution in [-0.2, 0) is 33.2 Å². The summed E-state index contributed by atoms with van der Waals surface area (Å²) in [5.41, 5.74) is 1.40. The van der Waals surface area contributed by atoms with Gasteiger partial charge in [0.25, 0.3) is 0 Å². The highest BCUT2D eigenvalue weighted by Crippen LogP contribution is 2.46. The lowest BCUT2D eigenvalue weighted by molar-refractivity contribution is -0.114. The zero-order valence-corrected chi connectivity index (χ0v) is 19.0. The highest BCUT2D eigenvalue weighted by molar-refractivity contribution is 7.89. The standard InChI is InChI=1S/C21H34N2O3S2/c1-4-18-12-19-20(27-18)6-9-26-21(19)7-8-23(15(3)13-21)14-16-10-17(11-16)22-28(24,25)5-2/h12,15-17,22H,4-11,13-14H2,1-3H3/t15-,16-,17+,21+/m0/s1. The van der Waals surface area contributed by atoms with E-state index in [4.69, 9.17) is 4.74 Å². The van der Waals surface area contributed by atoms with Crippen LogP contribution in [0.4, 0.5) is 0 Å². The van der Waals surface area contributed by atoms with Crippen LogP contribution in [0, 0.1) is 5.92 Å². The van der Waals surface area contributed by atoms with Crippen LogP contribution in [0.1, 0.15) is 61.8 Å². The maximum atomic E-state index is 11.7. The number of likely N-dealkylation sites (tertiary alicyclic amines) is 1. The van der Waals surface area contributed by atoms with Gasteiger partial charge in [-0.3, -0.25) is 0 Å². The minimum atomic E-state index is -3.07. The molecule has 1 aliphatic carbocycles. The molecule has 1 spiro atoms. The molecule has 2 fully saturated rings. The van der Waals surface area contributed by atoms with Crippen LogP contribution in [0.5, 0.6) is 0 Å². The van der Waals surface area contributed by atoms with Gasteiger partial charge in [-0.1, -0.05) is 6.92 Å². The number of nitrogens with one attached hydrogen (secondary N) is 1. The maximum absolute atomic E-state index is 11.7. The molecule has 7 heteroatoms. The monoisotopic (exact) mass is 426 g/mol. The molecule has 0 aromatic carbocycles. The molecule has 1 saturated carbocycles. The summed E-state index contributed by atoms with van der Waals surface area (Å²) in [6.45, 7) is 9.27. The smallest absolute Gasteiger partial charge is 0.211 e. The van der Waals surface area contributed by atoms with Gasteiger partial charge in [-0.05, 0) is 63.5 Å². The first-order valence-electron chi connectivity index (χ1n) is 10.8. The Morgan fingerprint density at radius 2 is 2.14 bits per heavy atom. The van der Waals surface area contributed by atoms with Gasteiger partial charge in [-0.25, -0.2) is 13.1 Å². The average Bonchev–Trinajstić information content (AvgIpc) is 3.07. The van der Waals surface area contributed by atoms with E-state index in [-0.39, 0.29) is 17.4 Å². The minimum absolute atomic E-state index is 0.0771. The van der Waals surface area contributed by atoms with Crippen molar-refractivity contribution < 1.29 is 13.2 Å². The van der Waals surface area contributed by atoms with E-state index in [1.165, 1.54) is 10.4 Å². The second kappa shape index (κ2) is 7.99. The van der Waals surface area contributed by atoms with Gasteiger partial charge in [0.1, 0.15) is 0 Å². The van der Waals surface area contributed by atoms with E-state index < -0.39 is 10.0 Å². The van der Waals surface area contributed by atoms with Gasteiger partial charge in [0.05, 0.1) is 18.0 Å². The number of hydrogen-bond acceptors (Lipinski definition) is 5. The Morgan fingerprint density at radius 1 is 1.36 bits per heavy atom. The number of ether oxygens (including phenoxy) is 1. The fourth-order valence-electron chi connectivity index (χ4n) is 5.20. The molecule has 2 aliphatic heterocycles. The third-order valence-corrected chi connectivity index (χ3v) is 9.70. The Hall–Kier alpha value is -0.470. The van der Waals surface area contributed by atoms with Gasteiger partial charge >= 0.3 is 0 Å². The predicted octanol–water partition coefficient (Wildman–Crippen LogP) is 3.28. The summed E-state index contributed by atoms with van der Waals surface area (Å²) in [6, 6.07) is 3.05. The van der Waals surface area contributed by atoms with Crippen molar-refractivity contribution in [2.24, 2.45) is 5.92 Å². The number of fused-ring (bicyclic) bond motifs is 2. The van der Waals surface area contributed by atoms with Crippen LogP contribution in [0.3, 0.4) is 0 Å². The van der Waals surface area contributed by atoms with Crippen molar-refractivity contribution in [3.63, 3.8) is 0 Å². The first-order chi connectivity index (χ1) is 13.3. The third-order valence-electron chi connectivity index (χ3n) is 6.91. The van der Waals surface area contributed by atoms with Crippen molar-refractivity contribution in [3.05, 3.63) is 21.4 Å². The fraction of sp³-hybridized carbons (Fsp3) is 0.810. The van der Waals surface area contributed by atoms with Gasteiger partial charge in [-0.15, -0.1) is 11.3 Å². The topological polar surface area (TPSA) is 58.6 Å². The zero-order valence-electron chi connectivity index (χ0n) is 17.4. The Bertz CT molecular complexity index is 801. The van der Waals surface area contributed by atoms with Crippen LogP contribution in [-0.4, -0.2) is 50.9 Å². The Morgan fingerprint density at radius 3 is 2.82 bits per heavy atom. The molecule has 28 heavy (non-hydrogen) atoms. The fourth-order valence-corrected chi connectivity index (χ4v) is 7.24. The lowest BCUT2D eigenvalue weighted by Gasteiger charge is -2.49. The number of sulfonamides is 1. The van der Waals surface area contributed by atoms with Gasteiger partial charge < -0.3 is 9.64 Å². The molecule has 158 valence electrons. The third kappa shape index (κ3) is 4.06. The van der Waals surface area contributed by atoms with E-state index >= 15 is 0 Å². The number of nitrogens with zero attached hydrogens (tertiary/aromatic N) is 1. The van der Waals surface area contributed by atoms with E-state index in [2.05, 4.69) is 29.5 Å². The highest BCUT2D eigenvalue weighted by atomic mass is 32.2. The summed E-state index contributed by atoms with van der Waals surface area (Å²) in [7, 11) is -3.07. The molecular formula is C21H34N2O3S2. The van der Waals surface area contributed by atoms with E-state index in [1.54, 1.807) is 11.8 Å². The van der Waals surface area contributed by atoms with Crippen molar-refractivity contribution in [1.82, 2.24) is 9.62 Å². The summed E-state index contributed by atoms with van der Waals surface area (Å²) in [6.07, 6.45) is 6.26. The van der Waals surface area contributed by atoms with Crippen LogP contribution < -0.4 is 4.72 Å². The predicted molar refractivity (Wildman–Crippen MR) is 114 cm³/mol. The molecule has 4 rings (SSSR count). The Kier molecular flexibility index (Phi) is 5.93. The first kappa shape index (κ1) is 20.8. The van der Waals surface area contributed by atoms with E-state index in [0.717, 1.165) is 58.2 Å². The molecule has 0 bridgehead atoms. The molecule has 0 radical (unpaired) electrons. The molecule has 2 atom stereocenters. The largest absolute Gasteiger partial charge is 0.370 e. The van der Waals surface area contributed by atoms with E-state index in [1.807, 2.05) is 11.3 Å².